The first-order chi connectivity index (χ1) is 20.3. The van der Waals surface area contributed by atoms with Gasteiger partial charge in [0.25, 0.3) is 11.8 Å². The van der Waals surface area contributed by atoms with Crippen LogP contribution in [0.25, 0.3) is 6.08 Å². The van der Waals surface area contributed by atoms with Crippen molar-refractivity contribution in [3.63, 3.8) is 0 Å². The monoisotopic (exact) mass is 581 g/mol. The summed E-state index contributed by atoms with van der Waals surface area (Å²) in [7, 11) is 3.08. The number of benzene rings is 4. The zero-order valence-electron chi connectivity index (χ0n) is 23.5. The van der Waals surface area contributed by atoms with Crippen LogP contribution in [0.3, 0.4) is 0 Å². The van der Waals surface area contributed by atoms with Crippen LogP contribution in [0.4, 0.5) is 11.4 Å². The maximum absolute atomic E-state index is 13.4. The van der Waals surface area contributed by atoms with Gasteiger partial charge in [-0.25, -0.2) is 0 Å². The van der Waals surface area contributed by atoms with Gasteiger partial charge in [-0.15, -0.1) is 11.8 Å². The number of nitrogens with one attached hydrogen (secondary N) is 3. The number of amides is 3. The molecule has 0 atom stereocenters. The highest BCUT2D eigenvalue weighted by Crippen LogP contribution is 2.27. The molecule has 42 heavy (non-hydrogen) atoms. The van der Waals surface area contributed by atoms with Crippen molar-refractivity contribution in [2.75, 3.05) is 30.6 Å². The molecule has 0 saturated carbocycles. The van der Waals surface area contributed by atoms with Crippen LogP contribution in [0.5, 0.6) is 11.5 Å². The van der Waals surface area contributed by atoms with Crippen LogP contribution in [0.15, 0.2) is 108 Å². The fourth-order valence-electron chi connectivity index (χ4n) is 3.93. The van der Waals surface area contributed by atoms with E-state index < -0.39 is 11.8 Å². The molecule has 0 aliphatic carbocycles. The van der Waals surface area contributed by atoms with Crippen molar-refractivity contribution >= 4 is 46.9 Å². The van der Waals surface area contributed by atoms with Crippen LogP contribution >= 0.6 is 11.8 Å². The van der Waals surface area contributed by atoms with Crippen molar-refractivity contribution < 1.29 is 23.9 Å². The molecule has 0 fully saturated rings. The van der Waals surface area contributed by atoms with Gasteiger partial charge in [0, 0.05) is 40.0 Å². The second-order valence-corrected chi connectivity index (χ2v) is 10.2. The zero-order valence-corrected chi connectivity index (χ0v) is 24.3. The molecule has 4 aromatic carbocycles. The number of anilines is 2. The van der Waals surface area contributed by atoms with Crippen LogP contribution in [-0.4, -0.2) is 37.7 Å². The number of carbonyl (C=O) groups excluding carboxylic acids is 3. The first-order valence-corrected chi connectivity index (χ1v) is 14.0. The van der Waals surface area contributed by atoms with Gasteiger partial charge in [-0.1, -0.05) is 48.5 Å². The van der Waals surface area contributed by atoms with Gasteiger partial charge in [0.05, 0.1) is 20.0 Å². The Balaban J connectivity index is 1.44. The molecule has 4 rings (SSSR count). The highest BCUT2D eigenvalue weighted by Gasteiger charge is 2.16. The number of methoxy groups -OCH3 is 2. The summed E-state index contributed by atoms with van der Waals surface area (Å²) in [4.78, 5) is 39.7. The molecule has 3 amide bonds. The van der Waals surface area contributed by atoms with Gasteiger partial charge in [0.1, 0.15) is 17.2 Å². The molecule has 0 heterocycles. The van der Waals surface area contributed by atoms with Crippen molar-refractivity contribution in [2.45, 2.75) is 11.8 Å². The molecule has 0 saturated heterocycles. The summed E-state index contributed by atoms with van der Waals surface area (Å²) >= 11 is 1.32. The molecule has 4 aromatic rings. The fraction of sp³-hybridized carbons (Fsp3) is 0.121. The number of hydrogen-bond acceptors (Lipinski definition) is 6. The Hall–Kier alpha value is -5.02. The van der Waals surface area contributed by atoms with Crippen molar-refractivity contribution in [1.82, 2.24) is 5.32 Å². The molecule has 0 unspecified atom stereocenters. The molecular formula is C33H31N3O5S. The van der Waals surface area contributed by atoms with E-state index in [1.165, 1.54) is 11.8 Å². The summed E-state index contributed by atoms with van der Waals surface area (Å²) in [5.41, 5.74) is 3.38. The predicted molar refractivity (Wildman–Crippen MR) is 167 cm³/mol. The van der Waals surface area contributed by atoms with Crippen LogP contribution in [0, 0.1) is 6.92 Å². The Kier molecular flexibility index (Phi) is 10.4. The third-order valence-electron chi connectivity index (χ3n) is 6.11. The molecule has 9 heteroatoms. The Morgan fingerprint density at radius 1 is 0.762 bits per heavy atom. The highest BCUT2D eigenvalue weighted by atomic mass is 32.2. The van der Waals surface area contributed by atoms with E-state index in [-0.39, 0.29) is 17.4 Å². The topological polar surface area (TPSA) is 106 Å². The van der Waals surface area contributed by atoms with Crippen molar-refractivity contribution in [3.05, 3.63) is 119 Å². The molecule has 0 aliphatic rings. The van der Waals surface area contributed by atoms with Gasteiger partial charge >= 0.3 is 0 Å². The van der Waals surface area contributed by atoms with Crippen LogP contribution in [0.1, 0.15) is 21.5 Å². The maximum Gasteiger partial charge on any atom is 0.272 e. The Bertz CT molecular complexity index is 1580. The SMILES string of the molecule is COc1cc(NC(=O)CSc2cccc(NC(=O)/C(=C/c3ccccc3C)NC(=O)c3ccccc3)c2)cc(OC)c1. The third kappa shape index (κ3) is 8.49. The van der Waals surface area contributed by atoms with Gasteiger partial charge < -0.3 is 25.4 Å². The van der Waals surface area contributed by atoms with E-state index in [1.54, 1.807) is 81.0 Å². The van der Waals surface area contributed by atoms with Gasteiger partial charge in [0.2, 0.25) is 5.91 Å². The predicted octanol–water partition coefficient (Wildman–Crippen LogP) is 6.15. The lowest BCUT2D eigenvalue weighted by Gasteiger charge is -2.13. The lowest BCUT2D eigenvalue weighted by molar-refractivity contribution is -0.114. The highest BCUT2D eigenvalue weighted by molar-refractivity contribution is 8.00. The molecule has 0 aromatic heterocycles. The molecule has 3 N–H and O–H groups in total. The largest absolute Gasteiger partial charge is 0.497 e. The average Bonchev–Trinajstić information content (AvgIpc) is 3.01. The van der Waals surface area contributed by atoms with E-state index in [2.05, 4.69) is 16.0 Å². The first kappa shape index (κ1) is 30.0. The van der Waals surface area contributed by atoms with E-state index in [1.807, 2.05) is 43.3 Å². The molecule has 214 valence electrons. The van der Waals surface area contributed by atoms with Crippen molar-refractivity contribution in [3.8, 4) is 11.5 Å². The van der Waals surface area contributed by atoms with Gasteiger partial charge in [0.15, 0.2) is 0 Å². The standard InChI is InChI=1S/C33H31N3O5S/c1-22-10-7-8-13-24(22)16-30(36-32(38)23-11-5-4-6-12-23)33(39)35-25-14-9-15-29(19-25)42-21-31(37)34-26-17-27(40-2)20-28(18-26)41-3/h4-20H,21H2,1-3H3,(H,34,37)(H,35,39)(H,36,38)/b30-16-. The quantitative estimate of drug-likeness (QED) is 0.145. The molecule has 0 bridgehead atoms. The number of ether oxygens (including phenoxy) is 2. The van der Waals surface area contributed by atoms with Gasteiger partial charge in [-0.3, -0.25) is 14.4 Å². The smallest absolute Gasteiger partial charge is 0.272 e. The summed E-state index contributed by atoms with van der Waals surface area (Å²) in [5, 5.41) is 8.47. The van der Waals surface area contributed by atoms with Gasteiger partial charge in [-0.2, -0.15) is 0 Å². The molecule has 0 radical (unpaired) electrons. The van der Waals surface area contributed by atoms with E-state index in [0.29, 0.717) is 28.4 Å². The molecular weight excluding hydrogens is 550 g/mol. The normalized spacial score (nSPS) is 10.9. The number of aryl methyl sites for hydroxylation is 1. The zero-order chi connectivity index (χ0) is 29.9. The number of thioether (sulfide) groups is 1. The molecule has 8 nitrogen and oxygen atoms in total. The molecule has 0 spiro atoms. The fourth-order valence-corrected chi connectivity index (χ4v) is 4.69. The lowest BCUT2D eigenvalue weighted by atomic mass is 10.1. The number of carbonyl (C=O) groups is 3. The van der Waals surface area contributed by atoms with Crippen LogP contribution < -0.4 is 25.4 Å². The second-order valence-electron chi connectivity index (χ2n) is 9.15. The maximum atomic E-state index is 13.4. The summed E-state index contributed by atoms with van der Waals surface area (Å²) < 4.78 is 10.5. The summed E-state index contributed by atoms with van der Waals surface area (Å²) in [6.45, 7) is 1.93. The Labute approximate surface area is 249 Å². The minimum Gasteiger partial charge on any atom is -0.497 e. The number of hydrogen-bond donors (Lipinski definition) is 3. The van der Waals surface area contributed by atoms with Crippen molar-refractivity contribution in [2.24, 2.45) is 0 Å². The summed E-state index contributed by atoms with van der Waals surface area (Å²) in [5.74, 6) is 0.191. The average molecular weight is 582 g/mol. The Morgan fingerprint density at radius 3 is 2.14 bits per heavy atom. The lowest BCUT2D eigenvalue weighted by Crippen LogP contribution is -2.30. The van der Waals surface area contributed by atoms with Gasteiger partial charge in [-0.05, 0) is 54.5 Å². The minimum absolute atomic E-state index is 0.101. The van der Waals surface area contributed by atoms with E-state index in [0.717, 1.165) is 16.0 Å². The van der Waals surface area contributed by atoms with E-state index >= 15 is 0 Å². The first-order valence-electron chi connectivity index (χ1n) is 13.1. The summed E-state index contributed by atoms with van der Waals surface area (Å²) in [6, 6.07) is 28.6. The van der Waals surface area contributed by atoms with Crippen LogP contribution in [0.2, 0.25) is 0 Å². The van der Waals surface area contributed by atoms with E-state index in [9.17, 15) is 14.4 Å². The Morgan fingerprint density at radius 2 is 1.45 bits per heavy atom. The summed E-state index contributed by atoms with van der Waals surface area (Å²) in [6.07, 6.45) is 1.65. The minimum atomic E-state index is -0.477. The number of rotatable bonds is 11. The second kappa shape index (κ2) is 14.6. The molecule has 0 aliphatic heterocycles. The third-order valence-corrected chi connectivity index (χ3v) is 7.11. The van der Waals surface area contributed by atoms with Crippen LogP contribution in [-0.2, 0) is 9.59 Å². The van der Waals surface area contributed by atoms with E-state index in [4.69, 9.17) is 9.47 Å². The van der Waals surface area contributed by atoms with Crippen molar-refractivity contribution in [1.29, 1.82) is 0 Å².